The van der Waals surface area contributed by atoms with Gasteiger partial charge >= 0.3 is 5.97 Å². The Bertz CT molecular complexity index is 731. The van der Waals surface area contributed by atoms with Crippen LogP contribution in [0.4, 0.5) is 28.9 Å². The van der Waals surface area contributed by atoms with Crippen LogP contribution >= 0.6 is 0 Å². The van der Waals surface area contributed by atoms with E-state index in [4.69, 9.17) is 5.11 Å². The number of carboxylic acid groups (broad SMARTS) is 1. The standard InChI is InChI=1S/C14H9F4NO2/c1-6-2-3-10(7(15)4-6)19-13-11(14(20)21)8(16)5-9(17)12(13)18/h2-5,19H,1H3,(H,20,21). The fourth-order valence-electron chi connectivity index (χ4n) is 1.78. The molecule has 0 heterocycles. The summed E-state index contributed by atoms with van der Waals surface area (Å²) in [7, 11) is 0. The van der Waals surface area contributed by atoms with Gasteiger partial charge in [0.1, 0.15) is 17.2 Å². The highest BCUT2D eigenvalue weighted by Crippen LogP contribution is 2.30. The van der Waals surface area contributed by atoms with Crippen molar-refractivity contribution in [2.75, 3.05) is 5.32 Å². The first-order valence-corrected chi connectivity index (χ1v) is 5.75. The Balaban J connectivity index is 2.60. The summed E-state index contributed by atoms with van der Waals surface area (Å²) in [5.74, 6) is -7.26. The van der Waals surface area contributed by atoms with Crippen molar-refractivity contribution < 1.29 is 27.5 Å². The van der Waals surface area contributed by atoms with Gasteiger partial charge in [-0.3, -0.25) is 0 Å². The van der Waals surface area contributed by atoms with E-state index >= 15 is 0 Å². The highest BCUT2D eigenvalue weighted by molar-refractivity contribution is 5.95. The van der Waals surface area contributed by atoms with Crippen LogP contribution in [0, 0.1) is 30.2 Å². The number of hydrogen-bond donors (Lipinski definition) is 2. The number of nitrogens with one attached hydrogen (secondary N) is 1. The second-order valence-electron chi connectivity index (χ2n) is 4.32. The van der Waals surface area contributed by atoms with E-state index in [2.05, 4.69) is 5.32 Å². The molecule has 0 spiro atoms. The SMILES string of the molecule is Cc1ccc(Nc2c(F)c(F)cc(F)c2C(=O)O)c(F)c1. The molecule has 3 nitrogen and oxygen atoms in total. The van der Waals surface area contributed by atoms with Gasteiger partial charge in [-0.2, -0.15) is 0 Å². The topological polar surface area (TPSA) is 49.3 Å². The molecule has 0 aliphatic carbocycles. The van der Waals surface area contributed by atoms with Crippen LogP contribution < -0.4 is 5.32 Å². The van der Waals surface area contributed by atoms with Crippen molar-refractivity contribution >= 4 is 17.3 Å². The van der Waals surface area contributed by atoms with E-state index < -0.39 is 40.5 Å². The van der Waals surface area contributed by atoms with Gasteiger partial charge < -0.3 is 10.4 Å². The van der Waals surface area contributed by atoms with E-state index in [1.807, 2.05) is 0 Å². The third-order valence-electron chi connectivity index (χ3n) is 2.77. The number of hydrogen-bond acceptors (Lipinski definition) is 2. The van der Waals surface area contributed by atoms with Crippen molar-refractivity contribution in [2.24, 2.45) is 0 Å². The van der Waals surface area contributed by atoms with Crippen molar-refractivity contribution in [2.45, 2.75) is 6.92 Å². The lowest BCUT2D eigenvalue weighted by Crippen LogP contribution is -2.10. The third-order valence-corrected chi connectivity index (χ3v) is 2.77. The number of aryl methyl sites for hydroxylation is 1. The monoisotopic (exact) mass is 299 g/mol. The zero-order valence-corrected chi connectivity index (χ0v) is 10.7. The van der Waals surface area contributed by atoms with Gasteiger partial charge in [-0.05, 0) is 24.6 Å². The van der Waals surface area contributed by atoms with Crippen molar-refractivity contribution in [3.8, 4) is 0 Å². The summed E-state index contributed by atoms with van der Waals surface area (Å²) < 4.78 is 54.1. The molecule has 2 aromatic carbocycles. The Kier molecular flexibility index (Phi) is 3.84. The Morgan fingerprint density at radius 1 is 1.05 bits per heavy atom. The molecule has 0 radical (unpaired) electrons. The number of benzene rings is 2. The summed E-state index contributed by atoms with van der Waals surface area (Å²) in [6.45, 7) is 1.61. The molecule has 0 bridgehead atoms. The molecule has 0 saturated carbocycles. The average molecular weight is 299 g/mol. The van der Waals surface area contributed by atoms with E-state index in [-0.39, 0.29) is 11.8 Å². The van der Waals surface area contributed by atoms with E-state index in [1.165, 1.54) is 12.1 Å². The van der Waals surface area contributed by atoms with Gasteiger partial charge in [0, 0.05) is 6.07 Å². The summed E-state index contributed by atoms with van der Waals surface area (Å²) >= 11 is 0. The first kappa shape index (κ1) is 14.8. The predicted octanol–water partition coefficient (Wildman–Crippen LogP) is 3.99. The maximum Gasteiger partial charge on any atom is 0.340 e. The molecule has 21 heavy (non-hydrogen) atoms. The number of anilines is 2. The largest absolute Gasteiger partial charge is 0.478 e. The van der Waals surface area contributed by atoms with Crippen LogP contribution in [0.5, 0.6) is 0 Å². The van der Waals surface area contributed by atoms with Crippen LogP contribution in [0.15, 0.2) is 24.3 Å². The molecule has 2 rings (SSSR count). The molecule has 0 unspecified atom stereocenters. The second kappa shape index (κ2) is 5.43. The smallest absolute Gasteiger partial charge is 0.340 e. The normalized spacial score (nSPS) is 10.5. The second-order valence-corrected chi connectivity index (χ2v) is 4.32. The number of carbonyl (C=O) groups is 1. The number of rotatable bonds is 3. The first-order valence-electron chi connectivity index (χ1n) is 5.75. The fourth-order valence-corrected chi connectivity index (χ4v) is 1.78. The summed E-state index contributed by atoms with van der Waals surface area (Å²) in [4.78, 5) is 11.0. The maximum absolute atomic E-state index is 13.7. The van der Waals surface area contributed by atoms with Crippen LogP contribution in [0.1, 0.15) is 15.9 Å². The van der Waals surface area contributed by atoms with Crippen molar-refractivity contribution in [3.05, 3.63) is 58.7 Å². The van der Waals surface area contributed by atoms with Gasteiger partial charge in [0.15, 0.2) is 11.6 Å². The molecule has 0 aliphatic heterocycles. The lowest BCUT2D eigenvalue weighted by molar-refractivity contribution is 0.0692. The Hall–Kier alpha value is -2.57. The van der Waals surface area contributed by atoms with E-state index in [9.17, 15) is 22.4 Å². The molecular formula is C14H9F4NO2. The van der Waals surface area contributed by atoms with Crippen LogP contribution in [0.2, 0.25) is 0 Å². The van der Waals surface area contributed by atoms with Crippen LogP contribution in [-0.4, -0.2) is 11.1 Å². The molecule has 0 aromatic heterocycles. The fraction of sp³-hybridized carbons (Fsp3) is 0.0714. The lowest BCUT2D eigenvalue weighted by atomic mass is 10.1. The molecule has 0 fully saturated rings. The summed E-state index contributed by atoms with van der Waals surface area (Å²) in [5, 5.41) is 11.0. The maximum atomic E-state index is 13.7. The van der Waals surface area contributed by atoms with Gasteiger partial charge in [-0.1, -0.05) is 6.07 Å². The summed E-state index contributed by atoms with van der Waals surface area (Å²) in [6, 6.07) is 3.91. The van der Waals surface area contributed by atoms with Crippen LogP contribution in [0.25, 0.3) is 0 Å². The highest BCUT2D eigenvalue weighted by atomic mass is 19.2. The minimum atomic E-state index is -1.80. The van der Waals surface area contributed by atoms with Gasteiger partial charge in [0.2, 0.25) is 0 Å². The van der Waals surface area contributed by atoms with Gasteiger partial charge in [-0.25, -0.2) is 22.4 Å². The highest BCUT2D eigenvalue weighted by Gasteiger charge is 2.24. The molecule has 110 valence electrons. The van der Waals surface area contributed by atoms with Gasteiger partial charge in [0.05, 0.1) is 11.4 Å². The van der Waals surface area contributed by atoms with Crippen molar-refractivity contribution in [1.82, 2.24) is 0 Å². The molecule has 2 N–H and O–H groups in total. The number of carboxylic acids is 1. The molecule has 0 amide bonds. The van der Waals surface area contributed by atoms with Crippen molar-refractivity contribution in [1.29, 1.82) is 0 Å². The summed E-state index contributed by atoms with van der Waals surface area (Å²) in [6.07, 6.45) is 0. The van der Waals surface area contributed by atoms with Crippen LogP contribution in [-0.2, 0) is 0 Å². The lowest BCUT2D eigenvalue weighted by Gasteiger charge is -2.13. The Morgan fingerprint density at radius 2 is 1.71 bits per heavy atom. The zero-order chi connectivity index (χ0) is 15.7. The Labute approximate surface area is 116 Å². The average Bonchev–Trinajstić information content (AvgIpc) is 2.38. The molecular weight excluding hydrogens is 290 g/mol. The van der Waals surface area contributed by atoms with Gasteiger partial charge in [-0.15, -0.1) is 0 Å². The van der Waals surface area contributed by atoms with E-state index in [0.717, 1.165) is 6.07 Å². The summed E-state index contributed by atoms with van der Waals surface area (Å²) in [5.41, 5.74) is -1.80. The minimum Gasteiger partial charge on any atom is -0.478 e. The third kappa shape index (κ3) is 2.81. The minimum absolute atomic E-state index is 0.121. The number of aromatic carboxylic acids is 1. The number of halogens is 4. The van der Waals surface area contributed by atoms with E-state index in [1.54, 1.807) is 6.92 Å². The quantitative estimate of drug-likeness (QED) is 0.665. The van der Waals surface area contributed by atoms with Crippen molar-refractivity contribution in [3.63, 3.8) is 0 Å². The molecule has 0 atom stereocenters. The Morgan fingerprint density at radius 3 is 2.29 bits per heavy atom. The molecule has 2 aromatic rings. The molecule has 0 aliphatic rings. The van der Waals surface area contributed by atoms with Gasteiger partial charge in [0.25, 0.3) is 0 Å². The predicted molar refractivity (Wildman–Crippen MR) is 67.7 cm³/mol. The van der Waals surface area contributed by atoms with E-state index in [0.29, 0.717) is 5.56 Å². The first-order chi connectivity index (χ1) is 9.81. The van der Waals surface area contributed by atoms with Crippen LogP contribution in [0.3, 0.4) is 0 Å². The molecule has 0 saturated heterocycles. The molecule has 7 heteroatoms. The zero-order valence-electron chi connectivity index (χ0n) is 10.7.